The van der Waals surface area contributed by atoms with Crippen LogP contribution in [0.3, 0.4) is 0 Å². The standard InChI is InChI=1S/C16H24O3/c1-11-7-5-8-12-9-6-10-13(17)16(11,12)14(18)19-15(2,3)4/h5,7,11-12H,6,8-10H2,1-4H3/t11-,12-,16+/m0/s1. The molecule has 0 aliphatic heterocycles. The average Bonchev–Trinajstić information content (AvgIpc) is 2.27. The summed E-state index contributed by atoms with van der Waals surface area (Å²) in [5.74, 6) is -0.182. The molecule has 106 valence electrons. The van der Waals surface area contributed by atoms with Gasteiger partial charge in [-0.3, -0.25) is 9.59 Å². The summed E-state index contributed by atoms with van der Waals surface area (Å²) in [5.41, 5.74) is -1.48. The van der Waals surface area contributed by atoms with Crippen molar-refractivity contribution in [1.29, 1.82) is 0 Å². The van der Waals surface area contributed by atoms with Crippen LogP contribution >= 0.6 is 0 Å². The van der Waals surface area contributed by atoms with Gasteiger partial charge in [0, 0.05) is 6.42 Å². The zero-order valence-electron chi connectivity index (χ0n) is 12.4. The predicted molar refractivity (Wildman–Crippen MR) is 73.5 cm³/mol. The summed E-state index contributed by atoms with van der Waals surface area (Å²) in [6, 6.07) is 0. The van der Waals surface area contributed by atoms with Gasteiger partial charge in [0.2, 0.25) is 0 Å². The summed E-state index contributed by atoms with van der Waals surface area (Å²) in [6.07, 6.45) is 7.28. The molecule has 0 aromatic rings. The van der Waals surface area contributed by atoms with Crippen molar-refractivity contribution in [3.05, 3.63) is 12.2 Å². The summed E-state index contributed by atoms with van der Waals surface area (Å²) in [6.45, 7) is 7.53. The first kappa shape index (κ1) is 14.3. The van der Waals surface area contributed by atoms with E-state index in [2.05, 4.69) is 6.08 Å². The molecule has 0 aromatic heterocycles. The number of rotatable bonds is 1. The minimum atomic E-state index is -0.930. The van der Waals surface area contributed by atoms with E-state index < -0.39 is 11.0 Å². The molecule has 0 spiro atoms. The van der Waals surface area contributed by atoms with E-state index in [4.69, 9.17) is 4.74 Å². The van der Waals surface area contributed by atoms with Crippen molar-refractivity contribution in [2.24, 2.45) is 17.3 Å². The molecule has 3 heteroatoms. The maximum absolute atomic E-state index is 12.7. The first-order valence-electron chi connectivity index (χ1n) is 7.22. The van der Waals surface area contributed by atoms with E-state index in [0.29, 0.717) is 6.42 Å². The van der Waals surface area contributed by atoms with E-state index in [1.165, 1.54) is 0 Å². The fourth-order valence-electron chi connectivity index (χ4n) is 3.53. The Bertz CT molecular complexity index is 416. The number of esters is 1. The number of fused-ring (bicyclic) bond motifs is 1. The predicted octanol–water partition coefficient (Wildman–Crippen LogP) is 3.28. The molecule has 0 aromatic carbocycles. The van der Waals surface area contributed by atoms with Gasteiger partial charge in [0.05, 0.1) is 0 Å². The molecule has 2 aliphatic rings. The molecule has 0 bridgehead atoms. The zero-order valence-corrected chi connectivity index (χ0v) is 12.4. The van der Waals surface area contributed by atoms with Crippen LogP contribution < -0.4 is 0 Å². The second-order valence-electron chi connectivity index (χ2n) is 6.84. The summed E-state index contributed by atoms with van der Waals surface area (Å²) in [4.78, 5) is 25.3. The van der Waals surface area contributed by atoms with Crippen LogP contribution in [0.15, 0.2) is 12.2 Å². The highest BCUT2D eigenvalue weighted by molar-refractivity contribution is 6.05. The lowest BCUT2D eigenvalue weighted by atomic mass is 9.56. The number of hydrogen-bond acceptors (Lipinski definition) is 3. The Labute approximate surface area is 115 Å². The third kappa shape index (κ3) is 2.35. The number of allylic oxidation sites excluding steroid dienone is 2. The van der Waals surface area contributed by atoms with Crippen molar-refractivity contribution in [3.8, 4) is 0 Å². The van der Waals surface area contributed by atoms with Crippen molar-refractivity contribution in [3.63, 3.8) is 0 Å². The van der Waals surface area contributed by atoms with Gasteiger partial charge in [-0.25, -0.2) is 0 Å². The van der Waals surface area contributed by atoms with Gasteiger partial charge in [-0.15, -0.1) is 0 Å². The largest absolute Gasteiger partial charge is 0.459 e. The van der Waals surface area contributed by atoms with Gasteiger partial charge < -0.3 is 4.74 Å². The second kappa shape index (κ2) is 4.77. The van der Waals surface area contributed by atoms with Crippen molar-refractivity contribution >= 4 is 11.8 Å². The Morgan fingerprint density at radius 1 is 1.42 bits per heavy atom. The normalized spacial score (nSPS) is 34.8. The molecular formula is C16H24O3. The van der Waals surface area contributed by atoms with Crippen LogP contribution in [0.5, 0.6) is 0 Å². The molecule has 1 fully saturated rings. The van der Waals surface area contributed by atoms with Crippen LogP contribution in [0.1, 0.15) is 53.4 Å². The molecule has 0 amide bonds. The first-order valence-corrected chi connectivity index (χ1v) is 7.22. The van der Waals surface area contributed by atoms with Gasteiger partial charge in [-0.05, 0) is 51.9 Å². The van der Waals surface area contributed by atoms with E-state index in [0.717, 1.165) is 19.3 Å². The molecule has 2 rings (SSSR count). The number of carbonyl (C=O) groups is 2. The summed E-state index contributed by atoms with van der Waals surface area (Å²) >= 11 is 0. The smallest absolute Gasteiger partial charge is 0.321 e. The molecule has 3 atom stereocenters. The third-order valence-corrected chi connectivity index (χ3v) is 4.36. The summed E-state index contributed by atoms with van der Waals surface area (Å²) in [7, 11) is 0. The lowest BCUT2D eigenvalue weighted by Gasteiger charge is -2.46. The minimum Gasteiger partial charge on any atom is -0.459 e. The van der Waals surface area contributed by atoms with Crippen LogP contribution in [0.25, 0.3) is 0 Å². The van der Waals surface area contributed by atoms with E-state index in [9.17, 15) is 9.59 Å². The monoisotopic (exact) mass is 264 g/mol. The molecule has 19 heavy (non-hydrogen) atoms. The summed E-state index contributed by atoms with van der Waals surface area (Å²) in [5, 5.41) is 0. The number of hydrogen-bond donors (Lipinski definition) is 0. The Hall–Kier alpha value is -1.12. The van der Waals surface area contributed by atoms with E-state index in [-0.39, 0.29) is 23.6 Å². The molecule has 0 radical (unpaired) electrons. The first-order chi connectivity index (χ1) is 8.78. The lowest BCUT2D eigenvalue weighted by Crippen LogP contribution is -2.55. The summed E-state index contributed by atoms with van der Waals surface area (Å²) < 4.78 is 5.58. The molecule has 0 unspecified atom stereocenters. The zero-order chi connectivity index (χ0) is 14.3. The molecule has 0 N–H and O–H groups in total. The SMILES string of the molecule is C[C@H]1C=CC[C@H]2CCCC(=O)[C@]21C(=O)OC(C)(C)C. The van der Waals surface area contributed by atoms with E-state index in [1.54, 1.807) is 0 Å². The number of ether oxygens (including phenoxy) is 1. The fourth-order valence-corrected chi connectivity index (χ4v) is 3.53. The average molecular weight is 264 g/mol. The molecule has 3 nitrogen and oxygen atoms in total. The highest BCUT2D eigenvalue weighted by Crippen LogP contribution is 2.50. The Balaban J connectivity index is 2.40. The fraction of sp³-hybridized carbons (Fsp3) is 0.750. The highest BCUT2D eigenvalue weighted by Gasteiger charge is 2.58. The molecule has 0 saturated heterocycles. The van der Waals surface area contributed by atoms with Gasteiger partial charge in [0.1, 0.15) is 11.0 Å². The maximum Gasteiger partial charge on any atom is 0.321 e. The molecule has 2 aliphatic carbocycles. The van der Waals surface area contributed by atoms with Crippen molar-refractivity contribution < 1.29 is 14.3 Å². The van der Waals surface area contributed by atoms with Gasteiger partial charge in [0.15, 0.2) is 5.78 Å². The highest BCUT2D eigenvalue weighted by atomic mass is 16.6. The third-order valence-electron chi connectivity index (χ3n) is 4.36. The number of Topliss-reactive ketones (excluding diaryl/α,β-unsaturated/α-hetero) is 1. The minimum absolute atomic E-state index is 0.0612. The molecular weight excluding hydrogens is 240 g/mol. The van der Waals surface area contributed by atoms with Gasteiger partial charge >= 0.3 is 5.97 Å². The Morgan fingerprint density at radius 2 is 2.11 bits per heavy atom. The lowest BCUT2D eigenvalue weighted by molar-refractivity contribution is -0.180. The van der Waals surface area contributed by atoms with Crippen LogP contribution in [0.4, 0.5) is 0 Å². The Morgan fingerprint density at radius 3 is 2.74 bits per heavy atom. The maximum atomic E-state index is 12.7. The van der Waals surface area contributed by atoms with Gasteiger partial charge in [-0.2, -0.15) is 0 Å². The van der Waals surface area contributed by atoms with E-state index in [1.807, 2.05) is 33.8 Å². The van der Waals surface area contributed by atoms with Crippen molar-refractivity contribution in [2.75, 3.05) is 0 Å². The van der Waals surface area contributed by atoms with Crippen LogP contribution in [-0.4, -0.2) is 17.4 Å². The second-order valence-corrected chi connectivity index (χ2v) is 6.84. The topological polar surface area (TPSA) is 43.4 Å². The van der Waals surface area contributed by atoms with Gasteiger partial charge in [0.25, 0.3) is 0 Å². The Kier molecular flexibility index (Phi) is 3.59. The van der Waals surface area contributed by atoms with Crippen molar-refractivity contribution in [2.45, 2.75) is 59.0 Å². The molecule has 0 heterocycles. The quantitative estimate of drug-likeness (QED) is 0.415. The van der Waals surface area contributed by atoms with Crippen LogP contribution in [0, 0.1) is 17.3 Å². The number of ketones is 1. The molecule has 1 saturated carbocycles. The number of carbonyl (C=O) groups excluding carboxylic acids is 2. The van der Waals surface area contributed by atoms with Crippen molar-refractivity contribution in [1.82, 2.24) is 0 Å². The van der Waals surface area contributed by atoms with Gasteiger partial charge in [-0.1, -0.05) is 19.1 Å². The van der Waals surface area contributed by atoms with Crippen LogP contribution in [-0.2, 0) is 14.3 Å². The van der Waals surface area contributed by atoms with E-state index >= 15 is 0 Å². The van der Waals surface area contributed by atoms with Crippen LogP contribution in [0.2, 0.25) is 0 Å².